The molecule has 0 amide bonds. The van der Waals surface area contributed by atoms with Gasteiger partial charge >= 0.3 is 0 Å². The lowest BCUT2D eigenvalue weighted by atomic mass is 10.0. The molecule has 5 rings (SSSR count). The molecular weight excluding hydrogens is 440 g/mol. The minimum Gasteiger partial charge on any atom is -0.379 e. The molecule has 8 nitrogen and oxygen atoms in total. The van der Waals surface area contributed by atoms with Gasteiger partial charge in [-0.15, -0.1) is 0 Å². The summed E-state index contributed by atoms with van der Waals surface area (Å²) in [5, 5.41) is 3.60. The lowest BCUT2D eigenvalue weighted by molar-refractivity contribution is 0.0378. The predicted octanol–water partition coefficient (Wildman–Crippen LogP) is 2.88. The molecule has 0 bridgehead atoms. The molecule has 1 N–H and O–H groups in total. The summed E-state index contributed by atoms with van der Waals surface area (Å²) in [4.78, 5) is 17.2. The van der Waals surface area contributed by atoms with E-state index in [-0.39, 0.29) is 0 Å². The molecule has 1 aromatic carbocycles. The van der Waals surface area contributed by atoms with E-state index in [2.05, 4.69) is 58.4 Å². The number of benzene rings is 1. The van der Waals surface area contributed by atoms with Gasteiger partial charge in [-0.2, -0.15) is 0 Å². The van der Waals surface area contributed by atoms with E-state index in [0.717, 1.165) is 100 Å². The topological polar surface area (TPSA) is 66.0 Å². The number of likely N-dealkylation sites (N-methyl/N-ethyl adjacent to an activating group) is 1. The Morgan fingerprint density at radius 2 is 1.86 bits per heavy atom. The molecule has 1 aromatic heterocycles. The number of piperidine rings is 1. The average Bonchev–Trinajstić information content (AvgIpc) is 2.91. The third-order valence-corrected chi connectivity index (χ3v) is 7.49. The summed E-state index contributed by atoms with van der Waals surface area (Å²) in [6.45, 7) is 9.25. The van der Waals surface area contributed by atoms with E-state index in [0.29, 0.717) is 12.6 Å². The number of nitrogens with one attached hydrogen (secondary N) is 1. The quantitative estimate of drug-likeness (QED) is 0.579. The van der Waals surface area contributed by atoms with Crippen molar-refractivity contribution in [1.82, 2.24) is 19.8 Å². The van der Waals surface area contributed by atoms with Crippen LogP contribution in [-0.2, 0) is 22.5 Å². The molecule has 3 aliphatic rings. The van der Waals surface area contributed by atoms with E-state index >= 15 is 0 Å². The lowest BCUT2D eigenvalue weighted by Gasteiger charge is -2.37. The molecule has 2 saturated heterocycles. The molecule has 35 heavy (non-hydrogen) atoms. The van der Waals surface area contributed by atoms with Crippen molar-refractivity contribution in [3.05, 3.63) is 35.5 Å². The minimum absolute atomic E-state index is 0.586. The maximum Gasteiger partial charge on any atom is 0.161 e. The molecule has 2 fully saturated rings. The number of hydrogen-bond acceptors (Lipinski definition) is 8. The molecular formula is C27H40N6O2. The van der Waals surface area contributed by atoms with Crippen LogP contribution in [0, 0.1) is 0 Å². The molecule has 3 aliphatic heterocycles. The van der Waals surface area contributed by atoms with Crippen molar-refractivity contribution in [2.75, 3.05) is 83.4 Å². The Labute approximate surface area is 209 Å². The number of morpholine rings is 1. The second-order valence-electron chi connectivity index (χ2n) is 10.1. The van der Waals surface area contributed by atoms with Gasteiger partial charge in [0.15, 0.2) is 5.82 Å². The fourth-order valence-corrected chi connectivity index (χ4v) is 5.27. The van der Waals surface area contributed by atoms with Gasteiger partial charge in [-0.05, 0) is 64.2 Å². The first-order valence-corrected chi connectivity index (χ1v) is 13.2. The summed E-state index contributed by atoms with van der Waals surface area (Å²) in [6, 6.07) is 9.44. The van der Waals surface area contributed by atoms with Crippen LogP contribution in [0.15, 0.2) is 24.3 Å². The molecule has 0 aliphatic carbocycles. The van der Waals surface area contributed by atoms with E-state index in [1.807, 2.05) is 0 Å². The number of fused-ring (bicyclic) bond motifs is 1. The highest BCUT2D eigenvalue weighted by molar-refractivity contribution is 5.63. The molecule has 1 atom stereocenters. The lowest BCUT2D eigenvalue weighted by Crippen LogP contribution is -2.45. The highest BCUT2D eigenvalue weighted by Gasteiger charge is 2.22. The summed E-state index contributed by atoms with van der Waals surface area (Å²) in [6.07, 6.45) is 4.43. The van der Waals surface area contributed by atoms with Gasteiger partial charge in [-0.25, -0.2) is 9.97 Å². The minimum atomic E-state index is 0.586. The van der Waals surface area contributed by atoms with Crippen molar-refractivity contribution in [2.45, 2.75) is 38.3 Å². The average molecular weight is 481 g/mol. The third kappa shape index (κ3) is 6.12. The molecule has 4 heterocycles. The molecule has 0 saturated carbocycles. The number of aromatic nitrogens is 2. The Hall–Kier alpha value is -2.26. The monoisotopic (exact) mass is 480 g/mol. The predicted molar refractivity (Wildman–Crippen MR) is 140 cm³/mol. The van der Waals surface area contributed by atoms with Crippen LogP contribution in [0.5, 0.6) is 0 Å². The smallest absolute Gasteiger partial charge is 0.161 e. The normalized spacial score (nSPS) is 21.2. The Bertz CT molecular complexity index is 961. The SMILES string of the molecule is CN(C)[C@H]1CCCN(c2ccc(-c3nc4c(c(NCCCN5CCOCC5)n3)COCC4)cc2)C1. The van der Waals surface area contributed by atoms with E-state index in [4.69, 9.17) is 19.4 Å². The Morgan fingerprint density at radius 1 is 1.03 bits per heavy atom. The van der Waals surface area contributed by atoms with Crippen LogP contribution in [0.2, 0.25) is 0 Å². The van der Waals surface area contributed by atoms with Crippen molar-refractivity contribution < 1.29 is 9.47 Å². The third-order valence-electron chi connectivity index (χ3n) is 7.49. The molecule has 8 heteroatoms. The van der Waals surface area contributed by atoms with Crippen molar-refractivity contribution in [1.29, 1.82) is 0 Å². The summed E-state index contributed by atoms with van der Waals surface area (Å²) in [5.41, 5.74) is 4.59. The highest BCUT2D eigenvalue weighted by Crippen LogP contribution is 2.28. The zero-order valence-electron chi connectivity index (χ0n) is 21.3. The van der Waals surface area contributed by atoms with Gasteiger partial charge in [0.05, 0.1) is 32.1 Å². The van der Waals surface area contributed by atoms with Gasteiger partial charge in [0.2, 0.25) is 0 Å². The number of hydrogen-bond donors (Lipinski definition) is 1. The van der Waals surface area contributed by atoms with Crippen molar-refractivity contribution >= 4 is 11.5 Å². The second kappa shape index (κ2) is 11.6. The first-order valence-electron chi connectivity index (χ1n) is 13.2. The van der Waals surface area contributed by atoms with Crippen molar-refractivity contribution in [2.24, 2.45) is 0 Å². The second-order valence-corrected chi connectivity index (χ2v) is 10.1. The van der Waals surface area contributed by atoms with E-state index in [1.165, 1.54) is 18.5 Å². The van der Waals surface area contributed by atoms with Crippen LogP contribution in [0.4, 0.5) is 11.5 Å². The van der Waals surface area contributed by atoms with E-state index in [1.54, 1.807) is 0 Å². The van der Waals surface area contributed by atoms with Gasteiger partial charge in [0, 0.05) is 62.0 Å². The fourth-order valence-electron chi connectivity index (χ4n) is 5.27. The van der Waals surface area contributed by atoms with Gasteiger partial charge in [-0.3, -0.25) is 4.90 Å². The maximum absolute atomic E-state index is 5.74. The van der Waals surface area contributed by atoms with Gasteiger partial charge in [0.1, 0.15) is 5.82 Å². The molecule has 0 unspecified atom stereocenters. The van der Waals surface area contributed by atoms with Crippen LogP contribution < -0.4 is 10.2 Å². The number of rotatable bonds is 8. The molecule has 0 spiro atoms. The van der Waals surface area contributed by atoms with Crippen LogP contribution in [0.3, 0.4) is 0 Å². The van der Waals surface area contributed by atoms with Crippen molar-refractivity contribution in [3.8, 4) is 11.4 Å². The van der Waals surface area contributed by atoms with Crippen molar-refractivity contribution in [3.63, 3.8) is 0 Å². The highest BCUT2D eigenvalue weighted by atomic mass is 16.5. The van der Waals surface area contributed by atoms with Gasteiger partial charge < -0.3 is 24.6 Å². The number of nitrogens with zero attached hydrogens (tertiary/aromatic N) is 5. The van der Waals surface area contributed by atoms with Gasteiger partial charge in [-0.1, -0.05) is 0 Å². The Morgan fingerprint density at radius 3 is 2.66 bits per heavy atom. The molecule has 2 aromatic rings. The molecule has 190 valence electrons. The summed E-state index contributed by atoms with van der Waals surface area (Å²) < 4.78 is 11.2. The Kier molecular flexibility index (Phi) is 8.13. The first-order chi connectivity index (χ1) is 17.2. The fraction of sp³-hybridized carbons (Fsp3) is 0.630. The van der Waals surface area contributed by atoms with Gasteiger partial charge in [0.25, 0.3) is 0 Å². The first kappa shape index (κ1) is 24.4. The van der Waals surface area contributed by atoms with Crippen LogP contribution in [0.1, 0.15) is 30.5 Å². The summed E-state index contributed by atoms with van der Waals surface area (Å²) in [5.74, 6) is 1.73. The summed E-state index contributed by atoms with van der Waals surface area (Å²) in [7, 11) is 4.37. The zero-order valence-corrected chi connectivity index (χ0v) is 21.3. The number of anilines is 2. The van der Waals surface area contributed by atoms with Crippen LogP contribution in [0.25, 0.3) is 11.4 Å². The standard InChI is InChI=1S/C27H40N6O2/c1-31(2)23-5-3-13-33(19-23)22-8-6-21(7-9-22)26-29-25-10-16-35-20-24(25)27(30-26)28-11-4-12-32-14-17-34-18-15-32/h6-9,23H,3-5,10-20H2,1-2H3,(H,28,29,30)/t23-/m0/s1. The Balaban J connectivity index is 1.27. The van der Waals surface area contributed by atoms with E-state index < -0.39 is 0 Å². The largest absolute Gasteiger partial charge is 0.379 e. The van der Waals surface area contributed by atoms with E-state index in [9.17, 15) is 0 Å². The van der Waals surface area contributed by atoms with Crippen LogP contribution >= 0.6 is 0 Å². The summed E-state index contributed by atoms with van der Waals surface area (Å²) >= 11 is 0. The van der Waals surface area contributed by atoms with Crippen LogP contribution in [-0.4, -0.2) is 99.0 Å². The number of ether oxygens (including phenoxy) is 2. The molecule has 0 radical (unpaired) electrons. The maximum atomic E-state index is 5.74. The zero-order chi connectivity index (χ0) is 24.0.